The molecule has 0 spiro atoms. The maximum Gasteiger partial charge on any atom is 0.308 e. The van der Waals surface area contributed by atoms with E-state index in [1.807, 2.05) is 43.3 Å². The van der Waals surface area contributed by atoms with Crippen molar-refractivity contribution < 1.29 is 19.1 Å². The zero-order chi connectivity index (χ0) is 21.5. The SMILES string of the molecule is CC(=O)Oc1cccc(C(=O)NCc2ccccc2NC(=O)c2ccccc2C)c1. The van der Waals surface area contributed by atoms with Crippen molar-refractivity contribution in [3.05, 3.63) is 95.1 Å². The van der Waals surface area contributed by atoms with Crippen molar-refractivity contribution in [2.45, 2.75) is 20.4 Å². The fourth-order valence-electron chi connectivity index (χ4n) is 2.96. The molecular formula is C24H22N2O4. The van der Waals surface area contributed by atoms with Crippen LogP contribution in [-0.2, 0) is 11.3 Å². The molecule has 0 atom stereocenters. The first kappa shape index (κ1) is 20.8. The summed E-state index contributed by atoms with van der Waals surface area (Å²) in [4.78, 5) is 36.2. The van der Waals surface area contributed by atoms with Crippen molar-refractivity contribution in [3.8, 4) is 5.75 Å². The van der Waals surface area contributed by atoms with E-state index >= 15 is 0 Å². The molecule has 0 aliphatic rings. The van der Waals surface area contributed by atoms with Crippen LogP contribution in [0.5, 0.6) is 5.75 Å². The quantitative estimate of drug-likeness (QED) is 0.480. The van der Waals surface area contributed by atoms with Crippen LogP contribution in [0.25, 0.3) is 0 Å². The zero-order valence-electron chi connectivity index (χ0n) is 16.8. The highest BCUT2D eigenvalue weighted by Gasteiger charge is 2.12. The highest BCUT2D eigenvalue weighted by Crippen LogP contribution is 2.18. The van der Waals surface area contributed by atoms with E-state index in [2.05, 4.69) is 10.6 Å². The van der Waals surface area contributed by atoms with Crippen LogP contribution in [0.15, 0.2) is 72.8 Å². The molecule has 2 N–H and O–H groups in total. The van der Waals surface area contributed by atoms with Crippen LogP contribution in [0.3, 0.4) is 0 Å². The minimum Gasteiger partial charge on any atom is -0.427 e. The van der Waals surface area contributed by atoms with E-state index in [0.29, 0.717) is 22.6 Å². The Labute approximate surface area is 174 Å². The first-order valence-electron chi connectivity index (χ1n) is 9.45. The van der Waals surface area contributed by atoms with Gasteiger partial charge in [-0.25, -0.2) is 0 Å². The van der Waals surface area contributed by atoms with E-state index in [1.165, 1.54) is 13.0 Å². The van der Waals surface area contributed by atoms with E-state index < -0.39 is 5.97 Å². The summed E-state index contributed by atoms with van der Waals surface area (Å²) in [5, 5.41) is 5.74. The third-order valence-corrected chi connectivity index (χ3v) is 4.45. The molecule has 0 bridgehead atoms. The van der Waals surface area contributed by atoms with Crippen LogP contribution in [0.2, 0.25) is 0 Å². The molecule has 0 unspecified atom stereocenters. The minimum atomic E-state index is -0.453. The molecule has 0 saturated heterocycles. The summed E-state index contributed by atoms with van der Waals surface area (Å²) in [6.07, 6.45) is 0. The second kappa shape index (κ2) is 9.52. The van der Waals surface area contributed by atoms with Crippen molar-refractivity contribution in [3.63, 3.8) is 0 Å². The predicted molar refractivity (Wildman–Crippen MR) is 114 cm³/mol. The van der Waals surface area contributed by atoms with Gasteiger partial charge in [-0.05, 0) is 48.4 Å². The number of amides is 2. The van der Waals surface area contributed by atoms with Gasteiger partial charge < -0.3 is 15.4 Å². The molecule has 0 heterocycles. The lowest BCUT2D eigenvalue weighted by atomic mass is 10.1. The van der Waals surface area contributed by atoms with Crippen LogP contribution in [0.4, 0.5) is 5.69 Å². The molecule has 0 radical (unpaired) electrons. The highest BCUT2D eigenvalue weighted by atomic mass is 16.5. The molecule has 0 fully saturated rings. The zero-order valence-corrected chi connectivity index (χ0v) is 16.8. The van der Waals surface area contributed by atoms with Crippen molar-refractivity contribution in [2.24, 2.45) is 0 Å². The first-order valence-corrected chi connectivity index (χ1v) is 9.45. The number of hydrogen-bond donors (Lipinski definition) is 2. The molecule has 0 aliphatic carbocycles. The van der Waals surface area contributed by atoms with Gasteiger partial charge in [-0.15, -0.1) is 0 Å². The molecule has 2 amide bonds. The number of hydrogen-bond acceptors (Lipinski definition) is 4. The van der Waals surface area contributed by atoms with Crippen LogP contribution in [0.1, 0.15) is 38.8 Å². The number of carbonyl (C=O) groups is 3. The Morgan fingerprint density at radius 1 is 0.867 bits per heavy atom. The Morgan fingerprint density at radius 3 is 2.37 bits per heavy atom. The van der Waals surface area contributed by atoms with Gasteiger partial charge in [0.1, 0.15) is 5.75 Å². The standard InChI is InChI=1S/C24H22N2O4/c1-16-8-3-5-12-21(16)24(29)26-22-13-6-4-9-19(22)15-25-23(28)18-10-7-11-20(14-18)30-17(2)27/h3-14H,15H2,1-2H3,(H,25,28)(H,26,29). The van der Waals surface area contributed by atoms with Gasteiger partial charge in [-0.3, -0.25) is 14.4 Å². The Hall–Kier alpha value is -3.93. The summed E-state index contributed by atoms with van der Waals surface area (Å²) < 4.78 is 5.02. The lowest BCUT2D eigenvalue weighted by molar-refractivity contribution is -0.131. The number of carbonyl (C=O) groups excluding carboxylic acids is 3. The van der Waals surface area contributed by atoms with E-state index in [-0.39, 0.29) is 18.4 Å². The highest BCUT2D eigenvalue weighted by molar-refractivity contribution is 6.05. The average molecular weight is 402 g/mol. The molecule has 3 aromatic rings. The summed E-state index contributed by atoms with van der Waals surface area (Å²) >= 11 is 0. The number of ether oxygens (including phenoxy) is 1. The van der Waals surface area contributed by atoms with Gasteiger partial charge >= 0.3 is 5.97 Å². The summed E-state index contributed by atoms with van der Waals surface area (Å²) in [5.41, 5.74) is 3.24. The van der Waals surface area contributed by atoms with Crippen LogP contribution in [0, 0.1) is 6.92 Å². The van der Waals surface area contributed by atoms with Crippen LogP contribution >= 0.6 is 0 Å². The smallest absolute Gasteiger partial charge is 0.308 e. The first-order chi connectivity index (χ1) is 14.4. The molecule has 0 aromatic heterocycles. The molecular weight excluding hydrogens is 380 g/mol. The van der Waals surface area contributed by atoms with Gasteiger partial charge in [0.05, 0.1) is 0 Å². The number of benzene rings is 3. The van der Waals surface area contributed by atoms with Crippen molar-refractivity contribution in [1.29, 1.82) is 0 Å². The maximum atomic E-state index is 12.6. The lowest BCUT2D eigenvalue weighted by Crippen LogP contribution is -2.24. The predicted octanol–water partition coefficient (Wildman–Crippen LogP) is 4.10. The van der Waals surface area contributed by atoms with Gasteiger partial charge in [0.2, 0.25) is 0 Å². The molecule has 6 nitrogen and oxygen atoms in total. The molecule has 30 heavy (non-hydrogen) atoms. The number of rotatable bonds is 6. The number of anilines is 1. The second-order valence-electron chi connectivity index (χ2n) is 6.73. The molecule has 0 aliphatic heterocycles. The number of para-hydroxylation sites is 1. The van der Waals surface area contributed by atoms with E-state index in [9.17, 15) is 14.4 Å². The third kappa shape index (κ3) is 5.32. The average Bonchev–Trinajstić information content (AvgIpc) is 2.73. The number of nitrogens with one attached hydrogen (secondary N) is 2. The van der Waals surface area contributed by atoms with Gasteiger partial charge in [-0.1, -0.05) is 42.5 Å². The second-order valence-corrected chi connectivity index (χ2v) is 6.73. The Morgan fingerprint density at radius 2 is 1.60 bits per heavy atom. The van der Waals surface area contributed by atoms with Gasteiger partial charge in [-0.2, -0.15) is 0 Å². The topological polar surface area (TPSA) is 84.5 Å². The monoisotopic (exact) mass is 402 g/mol. The normalized spacial score (nSPS) is 10.2. The molecule has 3 rings (SSSR count). The Balaban J connectivity index is 1.69. The molecule has 152 valence electrons. The van der Waals surface area contributed by atoms with Crippen LogP contribution in [-0.4, -0.2) is 17.8 Å². The number of esters is 1. The maximum absolute atomic E-state index is 12.6. The fraction of sp³-hybridized carbons (Fsp3) is 0.125. The minimum absolute atomic E-state index is 0.207. The summed E-state index contributed by atoms with van der Waals surface area (Å²) in [6.45, 7) is 3.40. The van der Waals surface area contributed by atoms with Gasteiger partial charge in [0.25, 0.3) is 11.8 Å². The largest absolute Gasteiger partial charge is 0.427 e. The fourth-order valence-corrected chi connectivity index (χ4v) is 2.96. The van der Waals surface area contributed by atoms with Crippen molar-refractivity contribution in [2.75, 3.05) is 5.32 Å². The summed E-state index contributed by atoms with van der Waals surface area (Å²) in [5.74, 6) is -0.670. The molecule has 6 heteroatoms. The molecule has 3 aromatic carbocycles. The van der Waals surface area contributed by atoms with Gasteiger partial charge in [0, 0.05) is 30.3 Å². The third-order valence-electron chi connectivity index (χ3n) is 4.45. The number of aryl methyl sites for hydroxylation is 1. The van der Waals surface area contributed by atoms with Crippen molar-refractivity contribution in [1.82, 2.24) is 5.32 Å². The lowest BCUT2D eigenvalue weighted by Gasteiger charge is -2.13. The van der Waals surface area contributed by atoms with E-state index in [0.717, 1.165) is 11.1 Å². The van der Waals surface area contributed by atoms with E-state index in [4.69, 9.17) is 4.74 Å². The van der Waals surface area contributed by atoms with Crippen LogP contribution < -0.4 is 15.4 Å². The van der Waals surface area contributed by atoms with E-state index in [1.54, 1.807) is 30.3 Å². The summed E-state index contributed by atoms with van der Waals surface area (Å²) in [6, 6.07) is 21.0. The Bertz CT molecular complexity index is 1090. The van der Waals surface area contributed by atoms with Crippen molar-refractivity contribution >= 4 is 23.5 Å². The Kier molecular flexibility index (Phi) is 6.60. The molecule has 0 saturated carbocycles. The summed E-state index contributed by atoms with van der Waals surface area (Å²) in [7, 11) is 0. The van der Waals surface area contributed by atoms with Gasteiger partial charge in [0.15, 0.2) is 0 Å².